The van der Waals surface area contributed by atoms with E-state index in [1.54, 1.807) is 16.8 Å². The van der Waals surface area contributed by atoms with Gasteiger partial charge in [-0.1, -0.05) is 30.3 Å². The lowest BCUT2D eigenvalue weighted by Gasteiger charge is -2.27. The molecule has 0 saturated carbocycles. The van der Waals surface area contributed by atoms with Crippen molar-refractivity contribution in [2.24, 2.45) is 0 Å². The first-order chi connectivity index (χ1) is 14.5. The molecule has 4 rings (SSSR count). The lowest BCUT2D eigenvalue weighted by atomic mass is 10.1. The van der Waals surface area contributed by atoms with E-state index in [0.717, 1.165) is 43.4 Å². The highest BCUT2D eigenvalue weighted by molar-refractivity contribution is 6.48. The highest BCUT2D eigenvalue weighted by Gasteiger charge is 2.23. The monoisotopic (exact) mass is 403 g/mol. The van der Waals surface area contributed by atoms with Crippen LogP contribution in [0.3, 0.4) is 0 Å². The molecule has 6 heteroatoms. The maximum atomic E-state index is 12.9. The second-order valence-electron chi connectivity index (χ2n) is 7.78. The van der Waals surface area contributed by atoms with Crippen molar-refractivity contribution >= 4 is 34.2 Å². The van der Waals surface area contributed by atoms with Gasteiger partial charge in [0.2, 0.25) is 5.91 Å². The number of carbonyl (C=O) groups is 3. The molecule has 2 amide bonds. The summed E-state index contributed by atoms with van der Waals surface area (Å²) in [6.07, 6.45) is 4.84. The zero-order valence-electron chi connectivity index (χ0n) is 17.1. The summed E-state index contributed by atoms with van der Waals surface area (Å²) in [7, 11) is 0. The first-order valence-corrected chi connectivity index (χ1v) is 10.3. The van der Waals surface area contributed by atoms with Crippen LogP contribution in [0, 0.1) is 6.92 Å². The molecule has 1 aliphatic rings. The minimum atomic E-state index is -0.689. The Morgan fingerprint density at radius 1 is 0.967 bits per heavy atom. The number of hydrogen-bond donors (Lipinski definition) is 1. The minimum Gasteiger partial charge on any atom is -0.341 e. The van der Waals surface area contributed by atoms with Crippen molar-refractivity contribution in [1.29, 1.82) is 0 Å². The third-order valence-corrected chi connectivity index (χ3v) is 5.53. The van der Waals surface area contributed by atoms with Crippen LogP contribution in [-0.2, 0) is 16.1 Å². The first-order valence-electron chi connectivity index (χ1n) is 10.3. The van der Waals surface area contributed by atoms with Crippen LogP contribution in [0.25, 0.3) is 10.9 Å². The standard InChI is InChI=1S/C24H25N3O3/c1-17-8-7-9-18(14-17)25-24(30)23(29)20-15-27(21-11-4-3-10-19(20)21)16-22(28)26-12-5-2-6-13-26/h3-4,7-11,14-15H,2,5-6,12-13,16H2,1H3,(H,25,30). The Morgan fingerprint density at radius 3 is 2.50 bits per heavy atom. The van der Waals surface area contributed by atoms with Gasteiger partial charge in [0, 0.05) is 35.9 Å². The van der Waals surface area contributed by atoms with E-state index in [2.05, 4.69) is 5.32 Å². The number of para-hydroxylation sites is 1. The third kappa shape index (κ3) is 4.13. The molecule has 1 fully saturated rings. The molecule has 0 bridgehead atoms. The molecule has 2 heterocycles. The zero-order valence-corrected chi connectivity index (χ0v) is 17.1. The number of nitrogens with one attached hydrogen (secondary N) is 1. The molecule has 3 aromatic rings. The molecule has 0 unspecified atom stereocenters. The van der Waals surface area contributed by atoms with Crippen LogP contribution in [0.15, 0.2) is 54.7 Å². The average molecular weight is 403 g/mol. The number of rotatable bonds is 5. The first kappa shape index (κ1) is 19.9. The Morgan fingerprint density at radius 2 is 1.73 bits per heavy atom. The van der Waals surface area contributed by atoms with E-state index < -0.39 is 11.7 Å². The highest BCUT2D eigenvalue weighted by Crippen LogP contribution is 2.23. The Bertz CT molecular complexity index is 1110. The molecule has 154 valence electrons. The summed E-state index contributed by atoms with van der Waals surface area (Å²) >= 11 is 0. The molecule has 1 aromatic heterocycles. The number of hydrogen-bond acceptors (Lipinski definition) is 3. The van der Waals surface area contributed by atoms with E-state index in [1.165, 1.54) is 0 Å². The number of Topliss-reactive ketones (excluding diaryl/α,β-unsaturated/α-hetero) is 1. The van der Waals surface area contributed by atoms with Gasteiger partial charge in [0.1, 0.15) is 6.54 Å². The van der Waals surface area contributed by atoms with Crippen molar-refractivity contribution in [3.8, 4) is 0 Å². The van der Waals surface area contributed by atoms with Crippen molar-refractivity contribution in [3.05, 3.63) is 65.9 Å². The van der Waals surface area contributed by atoms with Crippen LogP contribution in [0.4, 0.5) is 5.69 Å². The SMILES string of the molecule is Cc1cccc(NC(=O)C(=O)c2cn(CC(=O)N3CCCCC3)c3ccccc23)c1. The van der Waals surface area contributed by atoms with Crippen LogP contribution < -0.4 is 5.32 Å². The normalized spacial score (nSPS) is 14.0. The number of aromatic nitrogens is 1. The number of likely N-dealkylation sites (tertiary alicyclic amines) is 1. The van der Waals surface area contributed by atoms with Gasteiger partial charge in [-0.05, 0) is 49.9 Å². The van der Waals surface area contributed by atoms with Gasteiger partial charge in [-0.15, -0.1) is 0 Å². The Balaban J connectivity index is 1.58. The van der Waals surface area contributed by atoms with Gasteiger partial charge in [0.25, 0.3) is 11.7 Å². The summed E-state index contributed by atoms with van der Waals surface area (Å²) in [5.74, 6) is -1.26. The van der Waals surface area contributed by atoms with E-state index in [-0.39, 0.29) is 12.5 Å². The molecule has 6 nitrogen and oxygen atoms in total. The molecule has 1 saturated heterocycles. The predicted octanol–water partition coefficient (Wildman–Crippen LogP) is 3.78. The molecule has 0 spiro atoms. The number of ketones is 1. The largest absolute Gasteiger partial charge is 0.341 e. The summed E-state index contributed by atoms with van der Waals surface area (Å²) in [6.45, 7) is 3.64. The van der Waals surface area contributed by atoms with Gasteiger partial charge in [-0.3, -0.25) is 14.4 Å². The molecule has 0 aliphatic carbocycles. The van der Waals surface area contributed by atoms with Gasteiger partial charge >= 0.3 is 0 Å². The third-order valence-electron chi connectivity index (χ3n) is 5.53. The minimum absolute atomic E-state index is 0.0404. The Labute approximate surface area is 175 Å². The molecule has 0 atom stereocenters. The summed E-state index contributed by atoms with van der Waals surface area (Å²) in [5, 5.41) is 3.35. The van der Waals surface area contributed by atoms with E-state index in [9.17, 15) is 14.4 Å². The maximum absolute atomic E-state index is 12.9. The van der Waals surface area contributed by atoms with Crippen LogP contribution >= 0.6 is 0 Å². The number of fused-ring (bicyclic) bond motifs is 1. The van der Waals surface area contributed by atoms with Gasteiger partial charge < -0.3 is 14.8 Å². The van der Waals surface area contributed by atoms with Crippen LogP contribution in [0.1, 0.15) is 35.2 Å². The van der Waals surface area contributed by atoms with Crippen LogP contribution in [-0.4, -0.2) is 40.2 Å². The Hall–Kier alpha value is -3.41. The molecule has 1 N–H and O–H groups in total. The average Bonchev–Trinajstić information content (AvgIpc) is 3.12. The quantitative estimate of drug-likeness (QED) is 0.521. The number of aryl methyl sites for hydroxylation is 1. The van der Waals surface area contributed by atoms with Crippen LogP contribution in [0.5, 0.6) is 0 Å². The molecular weight excluding hydrogens is 378 g/mol. The molecule has 2 aromatic carbocycles. The number of benzene rings is 2. The second-order valence-corrected chi connectivity index (χ2v) is 7.78. The lowest BCUT2D eigenvalue weighted by Crippen LogP contribution is -2.37. The van der Waals surface area contributed by atoms with Crippen molar-refractivity contribution in [2.45, 2.75) is 32.7 Å². The number of anilines is 1. The number of piperidine rings is 1. The number of nitrogens with zero attached hydrogens (tertiary/aromatic N) is 2. The van der Waals surface area contributed by atoms with Crippen molar-refractivity contribution in [3.63, 3.8) is 0 Å². The van der Waals surface area contributed by atoms with Crippen molar-refractivity contribution in [2.75, 3.05) is 18.4 Å². The van der Waals surface area contributed by atoms with Crippen molar-refractivity contribution in [1.82, 2.24) is 9.47 Å². The summed E-state index contributed by atoms with van der Waals surface area (Å²) in [6, 6.07) is 14.7. The van der Waals surface area contributed by atoms with Gasteiger partial charge in [-0.25, -0.2) is 0 Å². The zero-order chi connectivity index (χ0) is 21.1. The number of amides is 2. The second kappa shape index (κ2) is 8.53. The topological polar surface area (TPSA) is 71.4 Å². The fourth-order valence-electron chi connectivity index (χ4n) is 3.98. The number of carbonyl (C=O) groups excluding carboxylic acids is 3. The van der Waals surface area contributed by atoms with E-state index >= 15 is 0 Å². The summed E-state index contributed by atoms with van der Waals surface area (Å²) < 4.78 is 1.78. The predicted molar refractivity (Wildman–Crippen MR) is 117 cm³/mol. The van der Waals surface area contributed by atoms with Gasteiger partial charge in [0.15, 0.2) is 0 Å². The lowest BCUT2D eigenvalue weighted by molar-refractivity contribution is -0.132. The van der Waals surface area contributed by atoms with Gasteiger partial charge in [0.05, 0.1) is 5.56 Å². The van der Waals surface area contributed by atoms with E-state index in [1.807, 2.05) is 54.3 Å². The van der Waals surface area contributed by atoms with Crippen molar-refractivity contribution < 1.29 is 14.4 Å². The van der Waals surface area contributed by atoms with E-state index in [0.29, 0.717) is 16.6 Å². The molecule has 1 aliphatic heterocycles. The molecule has 0 radical (unpaired) electrons. The fraction of sp³-hybridized carbons (Fsp3) is 0.292. The molecular formula is C24H25N3O3. The smallest absolute Gasteiger partial charge is 0.296 e. The van der Waals surface area contributed by atoms with Gasteiger partial charge in [-0.2, -0.15) is 0 Å². The summed E-state index contributed by atoms with van der Waals surface area (Å²) in [5.41, 5.74) is 2.65. The summed E-state index contributed by atoms with van der Waals surface area (Å²) in [4.78, 5) is 40.1. The van der Waals surface area contributed by atoms with E-state index in [4.69, 9.17) is 0 Å². The Kier molecular flexibility index (Phi) is 5.65. The highest BCUT2D eigenvalue weighted by atomic mass is 16.2. The van der Waals surface area contributed by atoms with Crippen LogP contribution in [0.2, 0.25) is 0 Å². The fourth-order valence-corrected chi connectivity index (χ4v) is 3.98. The molecule has 30 heavy (non-hydrogen) atoms. The maximum Gasteiger partial charge on any atom is 0.296 e.